The highest BCUT2D eigenvalue weighted by Gasteiger charge is 2.26. The summed E-state index contributed by atoms with van der Waals surface area (Å²) < 4.78 is 32.2. The maximum Gasteiger partial charge on any atom is 0.316 e. The van der Waals surface area contributed by atoms with Gasteiger partial charge in [-0.1, -0.05) is 23.7 Å². The number of anilines is 1. The predicted molar refractivity (Wildman–Crippen MR) is 124 cm³/mol. The standard InChI is InChI=1S/C23H27N5O4S/c1-27(2)19-10-6-17(7-11-19)16-24-22(29)23-25-21(26-32-23)18-8-12-20(13-9-18)33(30,31)28-14-4-3-5-15-28/h6-13H,3-5,14-16H2,1-2H3,(H,24,29). The van der Waals surface area contributed by atoms with Crippen LogP contribution in [0, 0.1) is 0 Å². The van der Waals surface area contributed by atoms with Crippen LogP contribution in [0.2, 0.25) is 0 Å². The zero-order valence-electron chi connectivity index (χ0n) is 18.7. The van der Waals surface area contributed by atoms with Gasteiger partial charge in [-0.3, -0.25) is 4.79 Å². The van der Waals surface area contributed by atoms with Crippen LogP contribution in [0.4, 0.5) is 5.69 Å². The summed E-state index contributed by atoms with van der Waals surface area (Å²) in [7, 11) is 0.419. The number of carbonyl (C=O) groups excluding carboxylic acids is 1. The van der Waals surface area contributed by atoms with Crippen LogP contribution in [0.3, 0.4) is 0 Å². The third kappa shape index (κ3) is 5.23. The lowest BCUT2D eigenvalue weighted by Gasteiger charge is -2.25. The summed E-state index contributed by atoms with van der Waals surface area (Å²) in [6.45, 7) is 1.42. The van der Waals surface area contributed by atoms with Crippen LogP contribution in [0.25, 0.3) is 11.4 Å². The van der Waals surface area contributed by atoms with Crippen molar-refractivity contribution in [2.45, 2.75) is 30.7 Å². The molecule has 2 aromatic carbocycles. The molecule has 174 valence electrons. The van der Waals surface area contributed by atoms with E-state index in [0.29, 0.717) is 25.2 Å². The van der Waals surface area contributed by atoms with Gasteiger partial charge in [0.15, 0.2) is 0 Å². The molecule has 1 aromatic heterocycles. The fourth-order valence-corrected chi connectivity index (χ4v) is 5.15. The quantitative estimate of drug-likeness (QED) is 0.567. The third-order valence-corrected chi connectivity index (χ3v) is 7.50. The molecule has 9 nitrogen and oxygen atoms in total. The number of nitrogens with zero attached hydrogens (tertiary/aromatic N) is 4. The highest BCUT2D eigenvalue weighted by Crippen LogP contribution is 2.23. The van der Waals surface area contributed by atoms with E-state index in [9.17, 15) is 13.2 Å². The predicted octanol–water partition coefficient (Wildman–Crippen LogP) is 2.91. The van der Waals surface area contributed by atoms with Gasteiger partial charge in [-0.15, -0.1) is 0 Å². The van der Waals surface area contributed by atoms with Crippen molar-refractivity contribution in [3.05, 3.63) is 60.0 Å². The fourth-order valence-electron chi connectivity index (χ4n) is 3.63. The Balaban J connectivity index is 1.39. The van der Waals surface area contributed by atoms with Gasteiger partial charge in [-0.05, 0) is 54.8 Å². The minimum atomic E-state index is -3.51. The van der Waals surface area contributed by atoms with Gasteiger partial charge < -0.3 is 14.7 Å². The van der Waals surface area contributed by atoms with Gasteiger partial charge in [-0.2, -0.15) is 9.29 Å². The van der Waals surface area contributed by atoms with Crippen LogP contribution in [0.1, 0.15) is 35.5 Å². The molecule has 1 N–H and O–H groups in total. The van der Waals surface area contributed by atoms with Gasteiger partial charge in [0.05, 0.1) is 4.90 Å². The topological polar surface area (TPSA) is 109 Å². The molecule has 1 amide bonds. The van der Waals surface area contributed by atoms with Crippen LogP contribution < -0.4 is 10.2 Å². The fraction of sp³-hybridized carbons (Fsp3) is 0.348. The van der Waals surface area contributed by atoms with E-state index in [4.69, 9.17) is 4.52 Å². The van der Waals surface area contributed by atoms with E-state index < -0.39 is 15.9 Å². The van der Waals surface area contributed by atoms with E-state index >= 15 is 0 Å². The Hall–Kier alpha value is -3.24. The van der Waals surface area contributed by atoms with Gasteiger partial charge in [-0.25, -0.2) is 8.42 Å². The first-order valence-corrected chi connectivity index (χ1v) is 12.3. The number of sulfonamides is 1. The van der Waals surface area contributed by atoms with Gasteiger partial charge in [0.2, 0.25) is 15.8 Å². The SMILES string of the molecule is CN(C)c1ccc(CNC(=O)c2nc(-c3ccc(S(=O)(=O)N4CCCCC4)cc3)no2)cc1. The number of hydrogen-bond donors (Lipinski definition) is 1. The molecule has 1 aliphatic heterocycles. The maximum absolute atomic E-state index is 12.8. The molecule has 3 aromatic rings. The Morgan fingerprint density at radius 2 is 1.70 bits per heavy atom. The zero-order chi connectivity index (χ0) is 23.4. The minimum absolute atomic E-state index is 0.153. The average molecular weight is 470 g/mol. The molecule has 1 fully saturated rings. The number of hydrogen-bond acceptors (Lipinski definition) is 7. The van der Waals surface area contributed by atoms with Crippen LogP contribution >= 0.6 is 0 Å². The zero-order valence-corrected chi connectivity index (χ0v) is 19.5. The largest absolute Gasteiger partial charge is 0.378 e. The van der Waals surface area contributed by atoms with Crippen molar-refractivity contribution >= 4 is 21.6 Å². The molecule has 0 atom stereocenters. The first-order valence-electron chi connectivity index (χ1n) is 10.8. The average Bonchev–Trinajstić information content (AvgIpc) is 3.34. The number of amides is 1. The van der Waals surface area contributed by atoms with Crippen molar-refractivity contribution < 1.29 is 17.7 Å². The minimum Gasteiger partial charge on any atom is -0.378 e. The number of nitrogens with one attached hydrogen (secondary N) is 1. The van der Waals surface area contributed by atoms with Crippen molar-refractivity contribution in [1.29, 1.82) is 0 Å². The van der Waals surface area contributed by atoms with Crippen molar-refractivity contribution in [2.75, 3.05) is 32.1 Å². The summed E-state index contributed by atoms with van der Waals surface area (Å²) >= 11 is 0. The molecular formula is C23H27N5O4S. The number of aromatic nitrogens is 2. The molecule has 33 heavy (non-hydrogen) atoms. The number of benzene rings is 2. The summed E-state index contributed by atoms with van der Waals surface area (Å²) in [5, 5.41) is 6.62. The molecule has 0 saturated carbocycles. The van der Waals surface area contributed by atoms with Gasteiger partial charge in [0.1, 0.15) is 0 Å². The van der Waals surface area contributed by atoms with Gasteiger partial charge in [0, 0.05) is 45.0 Å². The van der Waals surface area contributed by atoms with E-state index in [1.165, 1.54) is 16.4 Å². The molecule has 1 aliphatic rings. The van der Waals surface area contributed by atoms with Crippen molar-refractivity contribution in [1.82, 2.24) is 19.8 Å². The van der Waals surface area contributed by atoms with Crippen LogP contribution in [-0.4, -0.2) is 56.0 Å². The Morgan fingerprint density at radius 1 is 1.03 bits per heavy atom. The van der Waals surface area contributed by atoms with E-state index in [2.05, 4.69) is 15.5 Å². The lowest BCUT2D eigenvalue weighted by Crippen LogP contribution is -2.35. The maximum atomic E-state index is 12.8. The Bertz CT molecular complexity index is 1200. The van der Waals surface area contributed by atoms with E-state index in [-0.39, 0.29) is 16.6 Å². The first kappa shape index (κ1) is 22.9. The van der Waals surface area contributed by atoms with Gasteiger partial charge >= 0.3 is 11.8 Å². The van der Waals surface area contributed by atoms with Crippen molar-refractivity contribution in [2.24, 2.45) is 0 Å². The first-order chi connectivity index (χ1) is 15.8. The molecule has 0 spiro atoms. The second-order valence-electron chi connectivity index (χ2n) is 8.16. The van der Waals surface area contributed by atoms with E-state index in [1.807, 2.05) is 43.3 Å². The second-order valence-corrected chi connectivity index (χ2v) is 10.1. The molecule has 0 radical (unpaired) electrons. The molecule has 0 bridgehead atoms. The van der Waals surface area contributed by atoms with Crippen LogP contribution in [0.15, 0.2) is 57.9 Å². The second kappa shape index (κ2) is 9.72. The Morgan fingerprint density at radius 3 is 2.33 bits per heavy atom. The molecule has 1 saturated heterocycles. The lowest BCUT2D eigenvalue weighted by molar-refractivity contribution is 0.0907. The normalized spacial score (nSPS) is 14.7. The highest BCUT2D eigenvalue weighted by atomic mass is 32.2. The van der Waals surface area contributed by atoms with Crippen molar-refractivity contribution in [3.8, 4) is 11.4 Å². The molecule has 2 heterocycles. The molecule has 0 aliphatic carbocycles. The molecule has 4 rings (SSSR count). The van der Waals surface area contributed by atoms with Gasteiger partial charge in [0.25, 0.3) is 0 Å². The third-order valence-electron chi connectivity index (χ3n) is 5.59. The number of carbonyl (C=O) groups is 1. The Kier molecular flexibility index (Phi) is 6.75. The smallest absolute Gasteiger partial charge is 0.316 e. The summed E-state index contributed by atoms with van der Waals surface area (Å²) in [5.74, 6) is -0.410. The molecule has 0 unspecified atom stereocenters. The summed E-state index contributed by atoms with van der Waals surface area (Å²) in [6, 6.07) is 14.1. The van der Waals surface area contributed by atoms with E-state index in [0.717, 1.165) is 30.5 Å². The number of rotatable bonds is 7. The summed E-state index contributed by atoms with van der Waals surface area (Å²) in [4.78, 5) is 18.8. The summed E-state index contributed by atoms with van der Waals surface area (Å²) in [5.41, 5.74) is 2.58. The Labute approximate surface area is 193 Å². The van der Waals surface area contributed by atoms with Crippen molar-refractivity contribution in [3.63, 3.8) is 0 Å². The van der Waals surface area contributed by atoms with E-state index in [1.54, 1.807) is 12.1 Å². The highest BCUT2D eigenvalue weighted by molar-refractivity contribution is 7.89. The summed E-state index contributed by atoms with van der Waals surface area (Å²) in [6.07, 6.45) is 2.82. The monoisotopic (exact) mass is 469 g/mol. The molecular weight excluding hydrogens is 442 g/mol. The molecule has 10 heteroatoms. The van der Waals surface area contributed by atoms with Crippen LogP contribution in [0.5, 0.6) is 0 Å². The van der Waals surface area contributed by atoms with Crippen LogP contribution in [-0.2, 0) is 16.6 Å². The number of piperidine rings is 1. The lowest BCUT2D eigenvalue weighted by atomic mass is 10.2.